The van der Waals surface area contributed by atoms with Gasteiger partial charge in [0.15, 0.2) is 5.75 Å². The maximum atomic E-state index is 13.1. The van der Waals surface area contributed by atoms with Crippen LogP contribution in [0.25, 0.3) is 0 Å². The predicted octanol–water partition coefficient (Wildman–Crippen LogP) is 3.87. The number of halogens is 2. The van der Waals surface area contributed by atoms with Gasteiger partial charge >= 0.3 is 0 Å². The number of methoxy groups -OCH3 is 2. The first kappa shape index (κ1) is 23.6. The van der Waals surface area contributed by atoms with E-state index in [1.54, 1.807) is 18.1 Å². The minimum Gasteiger partial charge on any atom is -0.505 e. The summed E-state index contributed by atoms with van der Waals surface area (Å²) >= 11 is 9.39. The second-order valence-electron chi connectivity index (χ2n) is 7.00. The highest BCUT2D eigenvalue weighted by Crippen LogP contribution is 2.36. The van der Waals surface area contributed by atoms with Crippen LogP contribution in [-0.2, 0) is 14.8 Å². The number of carbonyl (C=O) groups excluding carboxylic acids is 1. The minimum atomic E-state index is -4.17. The van der Waals surface area contributed by atoms with Gasteiger partial charge in [0.25, 0.3) is 15.9 Å². The lowest BCUT2D eigenvalue weighted by molar-refractivity contribution is 0.0628. The molecule has 0 aromatic heterocycles. The molecule has 11 heteroatoms. The number of sulfonamides is 1. The molecule has 1 amide bonds. The van der Waals surface area contributed by atoms with E-state index in [9.17, 15) is 18.3 Å². The van der Waals surface area contributed by atoms with Crippen molar-refractivity contribution in [2.75, 3.05) is 32.1 Å². The number of likely N-dealkylation sites (tertiary alicyclic amines) is 1. The molecule has 1 heterocycles. The topological polar surface area (TPSA) is 105 Å². The van der Waals surface area contributed by atoms with Crippen molar-refractivity contribution in [2.24, 2.45) is 0 Å². The Morgan fingerprint density at radius 1 is 1.32 bits per heavy atom. The van der Waals surface area contributed by atoms with Crippen LogP contribution >= 0.6 is 27.5 Å². The molecule has 1 saturated heterocycles. The van der Waals surface area contributed by atoms with E-state index < -0.39 is 21.7 Å². The van der Waals surface area contributed by atoms with E-state index in [0.29, 0.717) is 17.6 Å². The Bertz CT molecular complexity index is 1100. The van der Waals surface area contributed by atoms with Gasteiger partial charge in [-0.15, -0.1) is 0 Å². The molecule has 0 radical (unpaired) electrons. The van der Waals surface area contributed by atoms with Crippen molar-refractivity contribution in [1.29, 1.82) is 0 Å². The number of nitrogens with one attached hydrogen (secondary N) is 1. The summed E-state index contributed by atoms with van der Waals surface area (Å²) in [4.78, 5) is 14.5. The Kier molecular flexibility index (Phi) is 7.35. The molecular weight excluding hydrogens is 512 g/mol. The van der Waals surface area contributed by atoms with Crippen LogP contribution in [0.3, 0.4) is 0 Å². The van der Waals surface area contributed by atoms with E-state index in [2.05, 4.69) is 20.7 Å². The van der Waals surface area contributed by atoms with Crippen LogP contribution in [0.1, 0.15) is 23.2 Å². The Hall–Kier alpha value is -2.01. The van der Waals surface area contributed by atoms with Gasteiger partial charge in [0.2, 0.25) is 0 Å². The molecule has 0 spiro atoms. The predicted molar refractivity (Wildman–Crippen MR) is 121 cm³/mol. The fourth-order valence-electron chi connectivity index (χ4n) is 3.52. The highest BCUT2D eigenvalue weighted by molar-refractivity contribution is 9.10. The molecule has 0 saturated carbocycles. The SMILES string of the molecule is COC[C@@H]1CCCN1C(=O)c1cc(Cl)cc(NS(=O)(=O)c2cc(Br)ccc2OC)c1O. The Morgan fingerprint density at radius 3 is 2.74 bits per heavy atom. The summed E-state index contributed by atoms with van der Waals surface area (Å²) in [5, 5.41) is 10.8. The molecule has 0 aliphatic carbocycles. The van der Waals surface area contributed by atoms with Gasteiger partial charge in [-0.2, -0.15) is 0 Å². The fraction of sp³-hybridized carbons (Fsp3) is 0.350. The van der Waals surface area contributed by atoms with Crippen LogP contribution in [0.5, 0.6) is 11.5 Å². The van der Waals surface area contributed by atoms with Gasteiger partial charge in [-0.3, -0.25) is 9.52 Å². The molecule has 2 N–H and O–H groups in total. The third-order valence-corrected chi connectivity index (χ3v) is 7.06. The lowest BCUT2D eigenvalue weighted by Crippen LogP contribution is -2.38. The van der Waals surface area contributed by atoms with Gasteiger partial charge in [0.1, 0.15) is 10.6 Å². The molecule has 0 bridgehead atoms. The smallest absolute Gasteiger partial charge is 0.265 e. The average Bonchev–Trinajstić information content (AvgIpc) is 3.18. The summed E-state index contributed by atoms with van der Waals surface area (Å²) in [5.74, 6) is -0.831. The number of benzene rings is 2. The number of hydrogen-bond acceptors (Lipinski definition) is 6. The summed E-state index contributed by atoms with van der Waals surface area (Å²) in [6, 6.07) is 6.94. The van der Waals surface area contributed by atoms with Gasteiger partial charge in [0, 0.05) is 23.1 Å². The lowest BCUT2D eigenvalue weighted by Gasteiger charge is -2.25. The van der Waals surface area contributed by atoms with Crippen LogP contribution in [0, 0.1) is 0 Å². The molecule has 1 aliphatic heterocycles. The van der Waals surface area contributed by atoms with E-state index in [0.717, 1.165) is 12.8 Å². The molecule has 3 rings (SSSR count). The lowest BCUT2D eigenvalue weighted by atomic mass is 10.1. The number of phenols is 1. The molecule has 2 aromatic carbocycles. The Morgan fingerprint density at radius 2 is 2.06 bits per heavy atom. The fourth-order valence-corrected chi connectivity index (χ4v) is 5.51. The van der Waals surface area contributed by atoms with Crippen LogP contribution in [-0.4, -0.2) is 57.7 Å². The first-order valence-corrected chi connectivity index (χ1v) is 12.0. The zero-order valence-corrected chi connectivity index (χ0v) is 20.1. The molecule has 0 unspecified atom stereocenters. The van der Waals surface area contributed by atoms with E-state index in [1.807, 2.05) is 0 Å². The normalized spacial score (nSPS) is 16.4. The van der Waals surface area contributed by atoms with Crippen molar-refractivity contribution in [3.05, 3.63) is 45.4 Å². The number of phenolic OH excluding ortho intramolecular Hbond substituents is 1. The van der Waals surface area contributed by atoms with Crippen molar-refractivity contribution in [2.45, 2.75) is 23.8 Å². The molecule has 1 atom stereocenters. The third kappa shape index (κ3) is 5.08. The summed E-state index contributed by atoms with van der Waals surface area (Å²) < 4.78 is 39.1. The van der Waals surface area contributed by atoms with Crippen molar-refractivity contribution >= 4 is 49.1 Å². The molecule has 8 nitrogen and oxygen atoms in total. The first-order valence-electron chi connectivity index (χ1n) is 9.36. The van der Waals surface area contributed by atoms with Crippen molar-refractivity contribution in [3.8, 4) is 11.5 Å². The van der Waals surface area contributed by atoms with E-state index in [-0.39, 0.29) is 33.0 Å². The quantitative estimate of drug-likeness (QED) is 0.524. The highest BCUT2D eigenvalue weighted by atomic mass is 79.9. The average molecular weight is 534 g/mol. The van der Waals surface area contributed by atoms with Crippen molar-refractivity contribution < 1.29 is 27.8 Å². The number of amides is 1. The third-order valence-electron chi connectivity index (χ3n) is 4.96. The van der Waals surface area contributed by atoms with Crippen LogP contribution in [0.15, 0.2) is 39.7 Å². The number of hydrogen-bond donors (Lipinski definition) is 2. The second-order valence-corrected chi connectivity index (χ2v) is 10.0. The van der Waals surface area contributed by atoms with Gasteiger partial charge in [-0.25, -0.2) is 8.42 Å². The summed E-state index contributed by atoms with van der Waals surface area (Å²) in [6.45, 7) is 0.879. The highest BCUT2D eigenvalue weighted by Gasteiger charge is 2.32. The van der Waals surface area contributed by atoms with Crippen LogP contribution < -0.4 is 9.46 Å². The Labute approximate surface area is 194 Å². The maximum absolute atomic E-state index is 13.1. The van der Waals surface area contributed by atoms with Crippen molar-refractivity contribution in [3.63, 3.8) is 0 Å². The van der Waals surface area contributed by atoms with Gasteiger partial charge in [-0.05, 0) is 43.2 Å². The monoisotopic (exact) mass is 532 g/mol. The summed E-state index contributed by atoms with van der Waals surface area (Å²) in [5.41, 5.74) is -0.297. The summed E-state index contributed by atoms with van der Waals surface area (Å²) in [7, 11) is -1.26. The van der Waals surface area contributed by atoms with E-state index in [1.165, 1.54) is 31.4 Å². The van der Waals surface area contributed by atoms with Crippen LogP contribution in [0.4, 0.5) is 5.69 Å². The molecule has 1 fully saturated rings. The molecule has 2 aromatic rings. The number of anilines is 1. The Balaban J connectivity index is 1.98. The maximum Gasteiger partial charge on any atom is 0.265 e. The molecular formula is C20H22BrClN2O6S. The number of carbonyl (C=O) groups is 1. The number of aromatic hydroxyl groups is 1. The van der Waals surface area contributed by atoms with Crippen LogP contribution in [0.2, 0.25) is 5.02 Å². The zero-order chi connectivity index (χ0) is 22.8. The second kappa shape index (κ2) is 9.64. The number of ether oxygens (including phenoxy) is 2. The standard InChI is InChI=1S/C20H22BrClN2O6S/c1-29-11-14-4-3-7-24(14)20(26)15-9-13(22)10-16(19(15)25)23-31(27,28)18-8-12(21)5-6-17(18)30-2/h5-6,8-10,14,23,25H,3-4,7,11H2,1-2H3/t14-/m0/s1. The number of nitrogens with zero attached hydrogens (tertiary/aromatic N) is 1. The van der Waals surface area contributed by atoms with Gasteiger partial charge in [-0.1, -0.05) is 27.5 Å². The van der Waals surface area contributed by atoms with E-state index >= 15 is 0 Å². The number of rotatable bonds is 7. The molecule has 1 aliphatic rings. The van der Waals surface area contributed by atoms with E-state index in [4.69, 9.17) is 21.1 Å². The molecule has 168 valence electrons. The largest absolute Gasteiger partial charge is 0.505 e. The van der Waals surface area contributed by atoms with Crippen molar-refractivity contribution in [1.82, 2.24) is 4.90 Å². The summed E-state index contributed by atoms with van der Waals surface area (Å²) in [6.07, 6.45) is 1.59. The first-order chi connectivity index (χ1) is 14.7. The van der Waals surface area contributed by atoms with Gasteiger partial charge < -0.3 is 19.5 Å². The van der Waals surface area contributed by atoms with Gasteiger partial charge in [0.05, 0.1) is 31.0 Å². The molecule has 31 heavy (non-hydrogen) atoms. The minimum absolute atomic E-state index is 0.0885. The zero-order valence-electron chi connectivity index (χ0n) is 16.9.